The molecule has 0 bridgehead atoms. The third-order valence-electron chi connectivity index (χ3n) is 3.37. The first-order chi connectivity index (χ1) is 8.43. The van der Waals surface area contributed by atoms with Gasteiger partial charge in [-0.25, -0.2) is 0 Å². The standard InChI is InChI=1S/C15H16N2/c1-2-5-12(6-3-1)14-8-4-7-13-11-16-10-9-15(13)17-14/h1-3,5-6,9-11,14,17H,4,7-8H2. The summed E-state index contributed by atoms with van der Waals surface area (Å²) >= 11 is 0. The predicted molar refractivity (Wildman–Crippen MR) is 70.0 cm³/mol. The summed E-state index contributed by atoms with van der Waals surface area (Å²) in [4.78, 5) is 4.20. The molecule has 0 spiro atoms. The number of hydrogen-bond acceptors (Lipinski definition) is 2. The normalized spacial score (nSPS) is 18.9. The van der Waals surface area contributed by atoms with Gasteiger partial charge in [0.05, 0.1) is 6.04 Å². The van der Waals surface area contributed by atoms with Gasteiger partial charge in [0.15, 0.2) is 0 Å². The monoisotopic (exact) mass is 224 g/mol. The highest BCUT2D eigenvalue weighted by atomic mass is 14.9. The molecule has 0 saturated carbocycles. The van der Waals surface area contributed by atoms with E-state index in [-0.39, 0.29) is 0 Å². The number of hydrogen-bond donors (Lipinski definition) is 1. The molecule has 1 aliphatic rings. The number of nitrogens with zero attached hydrogens (tertiary/aromatic N) is 1. The van der Waals surface area contributed by atoms with Gasteiger partial charge in [-0.05, 0) is 36.5 Å². The van der Waals surface area contributed by atoms with E-state index in [2.05, 4.69) is 46.7 Å². The highest BCUT2D eigenvalue weighted by Gasteiger charge is 2.16. The zero-order chi connectivity index (χ0) is 11.5. The van der Waals surface area contributed by atoms with Crippen LogP contribution in [0.5, 0.6) is 0 Å². The van der Waals surface area contributed by atoms with Crippen LogP contribution in [0.3, 0.4) is 0 Å². The third kappa shape index (κ3) is 2.16. The summed E-state index contributed by atoms with van der Waals surface area (Å²) in [5.41, 5.74) is 3.95. The van der Waals surface area contributed by atoms with Gasteiger partial charge >= 0.3 is 0 Å². The van der Waals surface area contributed by atoms with Crippen molar-refractivity contribution in [2.75, 3.05) is 5.32 Å². The van der Waals surface area contributed by atoms with Gasteiger partial charge in [0.25, 0.3) is 0 Å². The molecule has 3 rings (SSSR count). The predicted octanol–water partition coefficient (Wildman–Crippen LogP) is 3.57. The third-order valence-corrected chi connectivity index (χ3v) is 3.37. The Balaban J connectivity index is 1.91. The van der Waals surface area contributed by atoms with Crippen molar-refractivity contribution < 1.29 is 0 Å². The van der Waals surface area contributed by atoms with Crippen LogP contribution >= 0.6 is 0 Å². The minimum atomic E-state index is 0.430. The summed E-state index contributed by atoms with van der Waals surface area (Å²) in [5.74, 6) is 0. The van der Waals surface area contributed by atoms with Crippen LogP contribution in [0.25, 0.3) is 0 Å². The molecule has 0 amide bonds. The molecule has 2 heterocycles. The second kappa shape index (κ2) is 4.58. The van der Waals surface area contributed by atoms with Gasteiger partial charge in [0, 0.05) is 18.1 Å². The number of aryl methyl sites for hydroxylation is 1. The Kier molecular flexibility index (Phi) is 2.78. The number of benzene rings is 1. The van der Waals surface area contributed by atoms with Crippen molar-refractivity contribution in [3.63, 3.8) is 0 Å². The smallest absolute Gasteiger partial charge is 0.0514 e. The molecule has 17 heavy (non-hydrogen) atoms. The van der Waals surface area contributed by atoms with Gasteiger partial charge in [-0.1, -0.05) is 30.3 Å². The van der Waals surface area contributed by atoms with Crippen LogP contribution in [0.2, 0.25) is 0 Å². The number of nitrogens with one attached hydrogen (secondary N) is 1. The van der Waals surface area contributed by atoms with E-state index in [1.807, 2.05) is 12.4 Å². The largest absolute Gasteiger partial charge is 0.378 e. The van der Waals surface area contributed by atoms with E-state index in [1.54, 1.807) is 0 Å². The first kappa shape index (κ1) is 10.3. The van der Waals surface area contributed by atoms with Gasteiger partial charge in [-0.15, -0.1) is 0 Å². The maximum Gasteiger partial charge on any atom is 0.0514 e. The molecular formula is C15H16N2. The molecule has 0 saturated heterocycles. The molecule has 2 heteroatoms. The minimum Gasteiger partial charge on any atom is -0.378 e. The minimum absolute atomic E-state index is 0.430. The van der Waals surface area contributed by atoms with Crippen molar-refractivity contribution in [2.45, 2.75) is 25.3 Å². The fraction of sp³-hybridized carbons (Fsp3) is 0.267. The van der Waals surface area contributed by atoms with Gasteiger partial charge in [0.1, 0.15) is 0 Å². The molecule has 0 aliphatic carbocycles. The summed E-state index contributed by atoms with van der Waals surface area (Å²) in [6, 6.07) is 13.2. The maximum atomic E-state index is 4.20. The fourth-order valence-electron chi connectivity index (χ4n) is 2.46. The van der Waals surface area contributed by atoms with Crippen molar-refractivity contribution in [3.05, 3.63) is 59.9 Å². The zero-order valence-corrected chi connectivity index (χ0v) is 9.76. The second-order valence-corrected chi connectivity index (χ2v) is 4.53. The lowest BCUT2D eigenvalue weighted by atomic mass is 10.0. The van der Waals surface area contributed by atoms with E-state index in [4.69, 9.17) is 0 Å². The zero-order valence-electron chi connectivity index (χ0n) is 9.76. The molecule has 0 radical (unpaired) electrons. The maximum absolute atomic E-state index is 4.20. The quantitative estimate of drug-likeness (QED) is 0.801. The van der Waals surface area contributed by atoms with E-state index in [1.165, 1.54) is 29.7 Å². The van der Waals surface area contributed by atoms with Crippen LogP contribution < -0.4 is 5.32 Å². The molecule has 1 aliphatic heterocycles. The SMILES string of the molecule is c1ccc(C2CCCc3cnccc3N2)cc1. The van der Waals surface area contributed by atoms with E-state index in [0.717, 1.165) is 6.42 Å². The van der Waals surface area contributed by atoms with E-state index in [0.29, 0.717) is 6.04 Å². The lowest BCUT2D eigenvalue weighted by Crippen LogP contribution is -2.09. The number of aromatic nitrogens is 1. The topological polar surface area (TPSA) is 24.9 Å². The molecule has 1 unspecified atom stereocenters. The van der Waals surface area contributed by atoms with Gasteiger partial charge in [-0.2, -0.15) is 0 Å². The molecule has 1 aromatic carbocycles. The van der Waals surface area contributed by atoms with E-state index >= 15 is 0 Å². The van der Waals surface area contributed by atoms with Gasteiger partial charge in [0.2, 0.25) is 0 Å². The van der Waals surface area contributed by atoms with Gasteiger partial charge < -0.3 is 5.32 Å². The molecule has 1 aromatic heterocycles. The highest BCUT2D eigenvalue weighted by Crippen LogP contribution is 2.30. The Morgan fingerprint density at radius 3 is 2.88 bits per heavy atom. The summed E-state index contributed by atoms with van der Waals surface area (Å²) in [6.45, 7) is 0. The van der Waals surface area contributed by atoms with Crippen LogP contribution in [0.4, 0.5) is 5.69 Å². The summed E-state index contributed by atoms with van der Waals surface area (Å²) in [6.07, 6.45) is 7.36. The highest BCUT2D eigenvalue weighted by molar-refractivity contribution is 5.52. The number of fused-ring (bicyclic) bond motifs is 1. The number of anilines is 1. The molecular weight excluding hydrogens is 208 g/mol. The second-order valence-electron chi connectivity index (χ2n) is 4.53. The van der Waals surface area contributed by atoms with Crippen LogP contribution in [-0.2, 0) is 6.42 Å². The number of pyridine rings is 1. The molecule has 2 aromatic rings. The van der Waals surface area contributed by atoms with Crippen molar-refractivity contribution >= 4 is 5.69 Å². The Morgan fingerprint density at radius 2 is 2.00 bits per heavy atom. The van der Waals surface area contributed by atoms with Gasteiger partial charge in [-0.3, -0.25) is 4.98 Å². The summed E-state index contributed by atoms with van der Waals surface area (Å²) in [5, 5.41) is 3.64. The van der Waals surface area contributed by atoms with Crippen LogP contribution in [0.1, 0.15) is 30.0 Å². The van der Waals surface area contributed by atoms with Crippen molar-refractivity contribution in [1.82, 2.24) is 4.98 Å². The van der Waals surface area contributed by atoms with Crippen molar-refractivity contribution in [2.24, 2.45) is 0 Å². The average Bonchev–Trinajstić information content (AvgIpc) is 2.62. The lowest BCUT2D eigenvalue weighted by molar-refractivity contribution is 0.663. The molecule has 0 fully saturated rings. The van der Waals surface area contributed by atoms with Crippen molar-refractivity contribution in [1.29, 1.82) is 0 Å². The molecule has 86 valence electrons. The molecule has 2 nitrogen and oxygen atoms in total. The van der Waals surface area contributed by atoms with Crippen LogP contribution in [-0.4, -0.2) is 4.98 Å². The van der Waals surface area contributed by atoms with Crippen LogP contribution in [0.15, 0.2) is 48.8 Å². The average molecular weight is 224 g/mol. The Hall–Kier alpha value is -1.83. The lowest BCUT2D eigenvalue weighted by Gasteiger charge is -2.18. The first-order valence-electron chi connectivity index (χ1n) is 6.18. The Bertz CT molecular complexity index is 493. The fourth-order valence-corrected chi connectivity index (χ4v) is 2.46. The Labute approximate surface area is 102 Å². The van der Waals surface area contributed by atoms with Crippen molar-refractivity contribution in [3.8, 4) is 0 Å². The molecule has 1 N–H and O–H groups in total. The molecule has 1 atom stereocenters. The summed E-state index contributed by atoms with van der Waals surface area (Å²) < 4.78 is 0. The first-order valence-corrected chi connectivity index (χ1v) is 6.18. The van der Waals surface area contributed by atoms with E-state index < -0.39 is 0 Å². The summed E-state index contributed by atoms with van der Waals surface area (Å²) in [7, 11) is 0. The van der Waals surface area contributed by atoms with Crippen LogP contribution in [0, 0.1) is 0 Å². The number of rotatable bonds is 1. The van der Waals surface area contributed by atoms with E-state index in [9.17, 15) is 0 Å². The Morgan fingerprint density at radius 1 is 1.12 bits per heavy atom.